The minimum atomic E-state index is -4.53. The van der Waals surface area contributed by atoms with Crippen LogP contribution in [-0.4, -0.2) is 56.1 Å². The number of alkyl halides is 4. The van der Waals surface area contributed by atoms with Gasteiger partial charge in [0.15, 0.2) is 8.32 Å². The molecule has 4 nitrogen and oxygen atoms in total. The molecule has 4 N–H and O–H groups in total. The molecule has 6 atom stereocenters. The first-order valence-corrected chi connectivity index (χ1v) is 17.2. The number of rotatable bonds is 7. The topological polar surface area (TPSA) is 67.5 Å². The van der Waals surface area contributed by atoms with Gasteiger partial charge in [-0.3, -0.25) is 0 Å². The minimum Gasteiger partial charge on any atom is -0.414 e. The van der Waals surface area contributed by atoms with Crippen molar-refractivity contribution in [2.75, 3.05) is 6.54 Å². The molecule has 3 rings (SSSR count). The lowest BCUT2D eigenvalue weighted by atomic mass is 9.66. The minimum absolute atomic E-state index is 0.0396. The number of aliphatic hydroxyl groups is 1. The van der Waals surface area contributed by atoms with Crippen LogP contribution in [0.4, 0.5) is 17.6 Å². The van der Waals surface area contributed by atoms with Crippen LogP contribution in [0.1, 0.15) is 85.5 Å². The van der Waals surface area contributed by atoms with Crippen LogP contribution in [0, 0.1) is 17.8 Å². The molecular weight excluding hydrogens is 500 g/mol. The highest BCUT2D eigenvalue weighted by atomic mass is 28.4. The second-order valence-corrected chi connectivity index (χ2v) is 18.3. The SMILES string of the molecule is CC(NCC1CC(C2(O)CCC(O[Si](C)(C)C(C)(C)C)CC2)CCC1N)C1=CCCC(C(F)(F)F)C1F. The summed E-state index contributed by atoms with van der Waals surface area (Å²) >= 11 is 0. The van der Waals surface area contributed by atoms with Gasteiger partial charge in [-0.2, -0.15) is 13.2 Å². The summed E-state index contributed by atoms with van der Waals surface area (Å²) < 4.78 is 61.1. The summed E-state index contributed by atoms with van der Waals surface area (Å²) in [4.78, 5) is 0. The number of hydrogen-bond donors (Lipinski definition) is 3. The molecule has 3 aliphatic carbocycles. The molecule has 216 valence electrons. The zero-order valence-electron chi connectivity index (χ0n) is 23.6. The number of hydrogen-bond acceptors (Lipinski definition) is 4. The standard InChI is InChI=1S/C28H50F4N2O2Si/c1-18(22-8-7-9-23(25(22)29)28(30,31)32)34-17-19-16-20(10-11-24(19)33)27(35)14-12-21(13-15-27)36-37(5,6)26(2,3)4/h8,18-21,23-25,34-35H,7,9-17,33H2,1-6H3. The summed E-state index contributed by atoms with van der Waals surface area (Å²) in [6.45, 7) is 13.5. The van der Waals surface area contributed by atoms with Crippen LogP contribution in [0.2, 0.25) is 18.1 Å². The quantitative estimate of drug-likeness (QED) is 0.189. The van der Waals surface area contributed by atoms with Crippen molar-refractivity contribution >= 4 is 8.32 Å². The predicted octanol–water partition coefficient (Wildman–Crippen LogP) is 6.64. The Labute approximate surface area is 222 Å². The fourth-order valence-electron chi connectivity index (χ4n) is 6.33. The summed E-state index contributed by atoms with van der Waals surface area (Å²) in [6.07, 6.45) is 0.950. The van der Waals surface area contributed by atoms with Gasteiger partial charge < -0.3 is 20.6 Å². The van der Waals surface area contributed by atoms with E-state index in [1.54, 1.807) is 13.0 Å². The Kier molecular flexibility index (Phi) is 9.70. The number of nitrogens with one attached hydrogen (secondary N) is 1. The molecule has 37 heavy (non-hydrogen) atoms. The van der Waals surface area contributed by atoms with Crippen LogP contribution in [0.5, 0.6) is 0 Å². The molecular formula is C28H50F4N2O2Si. The summed E-state index contributed by atoms with van der Waals surface area (Å²) in [6, 6.07) is -0.527. The maximum atomic E-state index is 14.8. The average molecular weight is 551 g/mol. The Morgan fingerprint density at radius 1 is 1.14 bits per heavy atom. The Balaban J connectivity index is 1.54. The first kappa shape index (κ1) is 31.0. The third-order valence-corrected chi connectivity index (χ3v) is 14.5. The van der Waals surface area contributed by atoms with Gasteiger partial charge in [-0.15, -0.1) is 0 Å². The molecule has 0 heterocycles. The number of allylic oxidation sites excluding steroid dienone is 1. The molecule has 9 heteroatoms. The van der Waals surface area contributed by atoms with Crippen LogP contribution in [-0.2, 0) is 4.43 Å². The third-order valence-electron chi connectivity index (χ3n) is 10.0. The summed E-state index contributed by atoms with van der Waals surface area (Å²) in [5, 5.41) is 15.1. The zero-order chi connectivity index (χ0) is 27.8. The Hall–Kier alpha value is -0.483. The van der Waals surface area contributed by atoms with E-state index in [2.05, 4.69) is 39.2 Å². The highest BCUT2D eigenvalue weighted by Gasteiger charge is 2.49. The lowest BCUT2D eigenvalue weighted by molar-refractivity contribution is -0.190. The second kappa shape index (κ2) is 11.6. The molecule has 0 bridgehead atoms. The fourth-order valence-corrected chi connectivity index (χ4v) is 7.76. The number of halogens is 4. The third kappa shape index (κ3) is 7.38. The van der Waals surface area contributed by atoms with E-state index in [1.807, 2.05) is 0 Å². The Morgan fingerprint density at radius 3 is 2.32 bits per heavy atom. The number of nitrogens with two attached hydrogens (primary N) is 1. The van der Waals surface area contributed by atoms with E-state index in [9.17, 15) is 22.7 Å². The molecule has 0 aromatic rings. The van der Waals surface area contributed by atoms with E-state index in [1.165, 1.54) is 0 Å². The van der Waals surface area contributed by atoms with Crippen molar-refractivity contribution in [3.8, 4) is 0 Å². The van der Waals surface area contributed by atoms with E-state index in [-0.39, 0.29) is 47.4 Å². The summed E-state index contributed by atoms with van der Waals surface area (Å²) in [5.74, 6) is -1.70. The molecule has 0 radical (unpaired) electrons. The molecule has 0 saturated heterocycles. The van der Waals surface area contributed by atoms with Crippen molar-refractivity contribution in [2.45, 2.75) is 140 Å². The van der Waals surface area contributed by atoms with Crippen molar-refractivity contribution in [3.05, 3.63) is 11.6 Å². The normalized spacial score (nSPS) is 37.2. The van der Waals surface area contributed by atoms with Gasteiger partial charge in [0.05, 0.1) is 11.5 Å². The fraction of sp³-hybridized carbons (Fsp3) is 0.929. The van der Waals surface area contributed by atoms with Crippen LogP contribution in [0.25, 0.3) is 0 Å². The smallest absolute Gasteiger partial charge is 0.394 e. The summed E-state index contributed by atoms with van der Waals surface area (Å²) in [5.41, 5.74) is 5.92. The predicted molar refractivity (Wildman–Crippen MR) is 144 cm³/mol. The van der Waals surface area contributed by atoms with Gasteiger partial charge in [0.25, 0.3) is 0 Å². The van der Waals surface area contributed by atoms with E-state index in [0.29, 0.717) is 6.54 Å². The molecule has 0 aromatic heterocycles. The van der Waals surface area contributed by atoms with Gasteiger partial charge in [-0.1, -0.05) is 26.8 Å². The average Bonchev–Trinajstić information content (AvgIpc) is 2.78. The van der Waals surface area contributed by atoms with E-state index in [0.717, 1.165) is 44.9 Å². The lowest BCUT2D eigenvalue weighted by Crippen LogP contribution is -2.52. The summed E-state index contributed by atoms with van der Waals surface area (Å²) in [7, 11) is -1.85. The monoisotopic (exact) mass is 550 g/mol. The van der Waals surface area contributed by atoms with Crippen LogP contribution < -0.4 is 11.1 Å². The van der Waals surface area contributed by atoms with E-state index in [4.69, 9.17) is 10.2 Å². The van der Waals surface area contributed by atoms with Gasteiger partial charge >= 0.3 is 6.18 Å². The second-order valence-electron chi connectivity index (χ2n) is 13.6. The maximum absolute atomic E-state index is 14.8. The molecule has 2 saturated carbocycles. The lowest BCUT2D eigenvalue weighted by Gasteiger charge is -2.48. The highest BCUT2D eigenvalue weighted by molar-refractivity contribution is 6.74. The maximum Gasteiger partial charge on any atom is 0.394 e. The van der Waals surface area contributed by atoms with Gasteiger partial charge in [0.2, 0.25) is 0 Å². The molecule has 6 unspecified atom stereocenters. The van der Waals surface area contributed by atoms with Crippen LogP contribution in [0.15, 0.2) is 11.6 Å². The molecule has 3 aliphatic rings. The van der Waals surface area contributed by atoms with Crippen LogP contribution in [0.3, 0.4) is 0 Å². The van der Waals surface area contributed by atoms with Crippen molar-refractivity contribution in [1.82, 2.24) is 5.32 Å². The molecule has 0 spiro atoms. The largest absolute Gasteiger partial charge is 0.414 e. The van der Waals surface area contributed by atoms with Gasteiger partial charge in [-0.05, 0) is 107 Å². The Bertz CT molecular complexity index is 790. The molecule has 0 aliphatic heterocycles. The van der Waals surface area contributed by atoms with Gasteiger partial charge in [-0.25, -0.2) is 4.39 Å². The van der Waals surface area contributed by atoms with Crippen molar-refractivity contribution in [2.24, 2.45) is 23.5 Å². The van der Waals surface area contributed by atoms with Gasteiger partial charge in [0.1, 0.15) is 6.17 Å². The Morgan fingerprint density at radius 2 is 1.76 bits per heavy atom. The molecule has 2 fully saturated rings. The first-order chi connectivity index (χ1) is 16.9. The molecule has 0 amide bonds. The highest BCUT2D eigenvalue weighted by Crippen LogP contribution is 2.46. The molecule has 0 aromatic carbocycles. The van der Waals surface area contributed by atoms with Crippen molar-refractivity contribution < 1.29 is 27.1 Å². The first-order valence-electron chi connectivity index (χ1n) is 14.2. The van der Waals surface area contributed by atoms with E-state index < -0.39 is 38.2 Å². The van der Waals surface area contributed by atoms with Gasteiger partial charge in [0, 0.05) is 18.2 Å². The van der Waals surface area contributed by atoms with Crippen LogP contribution >= 0.6 is 0 Å². The van der Waals surface area contributed by atoms with Crippen molar-refractivity contribution in [3.63, 3.8) is 0 Å². The zero-order valence-corrected chi connectivity index (χ0v) is 24.6. The van der Waals surface area contributed by atoms with E-state index >= 15 is 0 Å². The van der Waals surface area contributed by atoms with Crippen molar-refractivity contribution in [1.29, 1.82) is 0 Å².